The number of pyridine rings is 1. The van der Waals surface area contributed by atoms with Crippen molar-refractivity contribution in [3.8, 4) is 10.6 Å². The minimum absolute atomic E-state index is 0.196. The normalized spacial score (nSPS) is 30.6. The number of nitrogens with one attached hydrogen (secondary N) is 2. The van der Waals surface area contributed by atoms with Crippen LogP contribution in [-0.4, -0.2) is 51.2 Å². The molecule has 1 aliphatic carbocycles. The van der Waals surface area contributed by atoms with E-state index in [1.165, 1.54) is 0 Å². The molecule has 7 heteroatoms. The van der Waals surface area contributed by atoms with Gasteiger partial charge in [0.2, 0.25) is 0 Å². The highest BCUT2D eigenvalue weighted by atomic mass is 32.1. The van der Waals surface area contributed by atoms with Crippen LogP contribution in [0.1, 0.15) is 26.7 Å². The Morgan fingerprint density at radius 1 is 1.39 bits per heavy atom. The van der Waals surface area contributed by atoms with E-state index in [1.807, 2.05) is 24.0 Å². The van der Waals surface area contributed by atoms with Gasteiger partial charge in [0.05, 0.1) is 11.3 Å². The average Bonchev–Trinajstić information content (AvgIpc) is 3.10. The number of aromatic amines is 1. The molecule has 1 saturated carbocycles. The van der Waals surface area contributed by atoms with Crippen LogP contribution in [0.15, 0.2) is 30.0 Å². The van der Waals surface area contributed by atoms with Crippen LogP contribution in [0.25, 0.3) is 21.6 Å². The van der Waals surface area contributed by atoms with E-state index in [-0.39, 0.29) is 5.92 Å². The van der Waals surface area contributed by atoms with Crippen LogP contribution in [0.5, 0.6) is 0 Å². The summed E-state index contributed by atoms with van der Waals surface area (Å²) in [5.41, 5.74) is 2.08. The minimum Gasteiger partial charge on any atom is -0.380 e. The van der Waals surface area contributed by atoms with E-state index in [0.717, 1.165) is 53.3 Å². The molecule has 0 bridgehead atoms. The molecule has 4 atom stereocenters. The van der Waals surface area contributed by atoms with Crippen LogP contribution in [0.3, 0.4) is 0 Å². The van der Waals surface area contributed by atoms with Gasteiger partial charge in [-0.25, -0.2) is 14.4 Å². The minimum atomic E-state index is -0.954. The molecule has 0 spiro atoms. The number of hydrogen-bond donors (Lipinski definition) is 2. The van der Waals surface area contributed by atoms with Crippen molar-refractivity contribution >= 4 is 28.1 Å². The number of alkyl halides is 1. The lowest BCUT2D eigenvalue weighted by atomic mass is 9.95. The van der Waals surface area contributed by atoms with E-state index < -0.39 is 5.67 Å². The van der Waals surface area contributed by atoms with Crippen molar-refractivity contribution in [3.05, 3.63) is 30.0 Å². The standard InChI is InChI=1S/C21H26FN5S/c1-13-7-15(12-27(10-13)11-14-8-21(14,2)22)26-18-16-3-4-23-19(16)25-9-17(18)20-24-5-6-28-20/h3-6,9,13-15H,7-8,10-12H2,1-2H3,(H2,23,25,26)/t13-,14?,15+,21?/m0/s1. The third-order valence-corrected chi connectivity index (χ3v) is 6.95. The summed E-state index contributed by atoms with van der Waals surface area (Å²) in [5, 5.41) is 7.88. The van der Waals surface area contributed by atoms with Gasteiger partial charge in [0.15, 0.2) is 0 Å². The summed E-state index contributed by atoms with van der Waals surface area (Å²) in [6.07, 6.45) is 7.49. The molecule has 0 radical (unpaired) electrons. The third kappa shape index (κ3) is 3.42. The topological polar surface area (TPSA) is 56.8 Å². The number of aromatic nitrogens is 3. The first kappa shape index (κ1) is 18.1. The molecule has 0 amide bonds. The van der Waals surface area contributed by atoms with Gasteiger partial charge in [0.25, 0.3) is 0 Å². The average molecular weight is 400 g/mol. The van der Waals surface area contributed by atoms with Crippen LogP contribution >= 0.6 is 11.3 Å². The quantitative estimate of drug-likeness (QED) is 0.661. The van der Waals surface area contributed by atoms with Crippen molar-refractivity contribution in [2.45, 2.75) is 38.4 Å². The van der Waals surface area contributed by atoms with E-state index >= 15 is 0 Å². The fourth-order valence-corrected chi connectivity index (χ4v) is 5.25. The number of H-pyrrole nitrogens is 1. The van der Waals surface area contributed by atoms with Crippen molar-refractivity contribution in [2.75, 3.05) is 25.0 Å². The molecule has 4 heterocycles. The largest absolute Gasteiger partial charge is 0.380 e. The molecule has 3 aromatic heterocycles. The van der Waals surface area contributed by atoms with Gasteiger partial charge >= 0.3 is 0 Å². The molecule has 5 rings (SSSR count). The zero-order valence-corrected chi connectivity index (χ0v) is 17.1. The molecule has 2 aliphatic rings. The SMILES string of the molecule is C[C@H]1C[C@@H](Nc2c(-c3nccs3)cnc3[nH]ccc23)CN(CC2CC2(C)F)C1. The highest BCUT2D eigenvalue weighted by Crippen LogP contribution is 2.47. The van der Waals surface area contributed by atoms with E-state index in [0.29, 0.717) is 18.4 Å². The number of thiazole rings is 1. The van der Waals surface area contributed by atoms with Crippen molar-refractivity contribution in [3.63, 3.8) is 0 Å². The maximum Gasteiger partial charge on any atom is 0.139 e. The molecule has 3 aromatic rings. The van der Waals surface area contributed by atoms with Gasteiger partial charge in [-0.05, 0) is 31.7 Å². The third-order valence-electron chi connectivity index (χ3n) is 6.15. The predicted octanol–water partition coefficient (Wildman–Crippen LogP) is 4.56. The summed E-state index contributed by atoms with van der Waals surface area (Å²) in [6.45, 7) is 6.90. The second kappa shape index (κ2) is 6.81. The second-order valence-corrected chi connectivity index (χ2v) is 9.60. The first-order valence-electron chi connectivity index (χ1n) is 10.0. The maximum absolute atomic E-state index is 14.0. The number of likely N-dealkylation sites (tertiary alicyclic amines) is 1. The van der Waals surface area contributed by atoms with E-state index in [2.05, 4.69) is 38.2 Å². The lowest BCUT2D eigenvalue weighted by molar-refractivity contribution is 0.153. The molecule has 148 valence electrons. The number of rotatable bonds is 5. The molecule has 1 aliphatic heterocycles. The van der Waals surface area contributed by atoms with Crippen LogP contribution in [0.2, 0.25) is 0 Å². The Morgan fingerprint density at radius 3 is 3.00 bits per heavy atom. The van der Waals surface area contributed by atoms with Gasteiger partial charge in [-0.1, -0.05) is 6.92 Å². The Kier molecular flexibility index (Phi) is 4.39. The Labute approximate surface area is 168 Å². The molecular weight excluding hydrogens is 373 g/mol. The van der Waals surface area contributed by atoms with Crippen LogP contribution in [-0.2, 0) is 0 Å². The van der Waals surface area contributed by atoms with Crippen molar-refractivity contribution in [1.82, 2.24) is 19.9 Å². The number of hydrogen-bond acceptors (Lipinski definition) is 5. The van der Waals surface area contributed by atoms with Gasteiger partial charge in [0.1, 0.15) is 16.3 Å². The van der Waals surface area contributed by atoms with Gasteiger partial charge in [0, 0.05) is 61.0 Å². The summed E-state index contributed by atoms with van der Waals surface area (Å²) in [4.78, 5) is 14.7. The van der Waals surface area contributed by atoms with E-state index in [9.17, 15) is 4.39 Å². The lowest BCUT2D eigenvalue weighted by Crippen LogP contribution is -2.46. The zero-order valence-electron chi connectivity index (χ0n) is 16.3. The summed E-state index contributed by atoms with van der Waals surface area (Å²) >= 11 is 1.63. The number of nitrogens with zero attached hydrogens (tertiary/aromatic N) is 3. The van der Waals surface area contributed by atoms with Gasteiger partial charge in [-0.3, -0.25) is 0 Å². The highest BCUT2D eigenvalue weighted by Gasteiger charge is 2.51. The molecule has 2 N–H and O–H groups in total. The highest BCUT2D eigenvalue weighted by molar-refractivity contribution is 7.13. The molecule has 0 aromatic carbocycles. The summed E-state index contributed by atoms with van der Waals surface area (Å²) in [5.74, 6) is 0.782. The van der Waals surface area contributed by atoms with Crippen LogP contribution in [0, 0.1) is 11.8 Å². The maximum atomic E-state index is 14.0. The van der Waals surface area contributed by atoms with Crippen LogP contribution < -0.4 is 5.32 Å². The fraction of sp³-hybridized carbons (Fsp3) is 0.524. The smallest absolute Gasteiger partial charge is 0.139 e. The first-order valence-corrected chi connectivity index (χ1v) is 10.9. The van der Waals surface area contributed by atoms with E-state index in [4.69, 9.17) is 0 Å². The van der Waals surface area contributed by atoms with Gasteiger partial charge in [-0.15, -0.1) is 11.3 Å². The van der Waals surface area contributed by atoms with Crippen LogP contribution in [0.4, 0.5) is 10.1 Å². The Morgan fingerprint density at radius 2 is 2.25 bits per heavy atom. The van der Waals surface area contributed by atoms with Crippen molar-refractivity contribution in [1.29, 1.82) is 0 Å². The summed E-state index contributed by atoms with van der Waals surface area (Å²) < 4.78 is 14.0. The molecular formula is C21H26FN5S. The Balaban J connectivity index is 1.41. The van der Waals surface area contributed by atoms with Gasteiger partial charge < -0.3 is 15.2 Å². The zero-order chi connectivity index (χ0) is 19.3. The lowest BCUT2D eigenvalue weighted by Gasteiger charge is -2.37. The van der Waals surface area contributed by atoms with Crippen molar-refractivity contribution < 1.29 is 4.39 Å². The van der Waals surface area contributed by atoms with Crippen molar-refractivity contribution in [2.24, 2.45) is 11.8 Å². The molecule has 5 nitrogen and oxygen atoms in total. The summed E-state index contributed by atoms with van der Waals surface area (Å²) in [6, 6.07) is 2.40. The molecule has 2 unspecified atom stereocenters. The molecule has 2 fully saturated rings. The monoisotopic (exact) mass is 399 g/mol. The number of halogens is 1. The van der Waals surface area contributed by atoms with Gasteiger partial charge in [-0.2, -0.15) is 0 Å². The Hall–Kier alpha value is -1.99. The number of piperidine rings is 1. The van der Waals surface area contributed by atoms with E-state index in [1.54, 1.807) is 18.3 Å². The molecule has 28 heavy (non-hydrogen) atoms. The molecule has 1 saturated heterocycles. The summed E-state index contributed by atoms with van der Waals surface area (Å²) in [7, 11) is 0. The first-order chi connectivity index (χ1) is 13.5. The number of anilines is 1. The second-order valence-electron chi connectivity index (χ2n) is 8.70. The Bertz CT molecular complexity index is 967. The number of fused-ring (bicyclic) bond motifs is 1. The predicted molar refractivity (Wildman–Crippen MR) is 112 cm³/mol. The fourth-order valence-electron chi connectivity index (χ4n) is 4.59.